The first kappa shape index (κ1) is 23.9. The number of carbonyl (C=O) groups is 4. The van der Waals surface area contributed by atoms with Crippen molar-refractivity contribution in [1.82, 2.24) is 10.6 Å². The Balaban J connectivity index is 1.14. The van der Waals surface area contributed by atoms with Gasteiger partial charge in [0.15, 0.2) is 0 Å². The topological polar surface area (TPSA) is 111 Å². The summed E-state index contributed by atoms with van der Waals surface area (Å²) in [5, 5.41) is 3.23. The molecule has 0 bridgehead atoms. The molecule has 0 spiro atoms. The zero-order valence-electron chi connectivity index (χ0n) is 18.0. The van der Waals surface area contributed by atoms with Crippen LogP contribution in [0.25, 0.3) is 0 Å². The van der Waals surface area contributed by atoms with Crippen molar-refractivity contribution in [3.63, 3.8) is 0 Å². The second-order valence-electron chi connectivity index (χ2n) is 7.56. The van der Waals surface area contributed by atoms with Crippen LogP contribution in [0.1, 0.15) is 11.1 Å². The van der Waals surface area contributed by atoms with E-state index in [0.717, 1.165) is 34.7 Å². The maximum Gasteiger partial charge on any atom is 0.286 e. The average Bonchev–Trinajstić information content (AvgIpc) is 3.31. The van der Waals surface area contributed by atoms with Crippen molar-refractivity contribution in [1.29, 1.82) is 0 Å². The van der Waals surface area contributed by atoms with Crippen LogP contribution in [0.2, 0.25) is 0 Å². The van der Waals surface area contributed by atoms with Crippen LogP contribution in [0.15, 0.2) is 60.7 Å². The van der Waals surface area contributed by atoms with Gasteiger partial charge in [-0.2, -0.15) is 0 Å². The Morgan fingerprint density at radius 1 is 0.647 bits per heavy atom. The van der Waals surface area contributed by atoms with E-state index < -0.39 is 0 Å². The molecule has 2 heterocycles. The van der Waals surface area contributed by atoms with E-state index in [9.17, 15) is 19.2 Å². The van der Waals surface area contributed by atoms with Crippen molar-refractivity contribution < 1.29 is 28.7 Å². The number of rotatable bonds is 10. The largest absolute Gasteiger partial charge is 0.490 e. The molecule has 2 aromatic carbocycles. The van der Waals surface area contributed by atoms with Crippen LogP contribution in [0.3, 0.4) is 0 Å². The van der Waals surface area contributed by atoms with Gasteiger partial charge in [0.05, 0.1) is 10.5 Å². The first-order valence-corrected chi connectivity index (χ1v) is 12.3. The normalized spacial score (nSPS) is 20.0. The van der Waals surface area contributed by atoms with Gasteiger partial charge in [0.2, 0.25) is 11.8 Å². The summed E-state index contributed by atoms with van der Waals surface area (Å²) in [5.74, 6) is 0.933. The van der Waals surface area contributed by atoms with E-state index in [1.165, 1.54) is 0 Å². The van der Waals surface area contributed by atoms with Crippen molar-refractivity contribution in [2.75, 3.05) is 13.2 Å². The molecule has 2 atom stereocenters. The number of hydrogen-bond donors (Lipinski definition) is 2. The average molecular weight is 499 g/mol. The number of hydrogen-bond acceptors (Lipinski definition) is 8. The highest BCUT2D eigenvalue weighted by Crippen LogP contribution is 2.25. The summed E-state index contributed by atoms with van der Waals surface area (Å²) in [6.07, 6.45) is 4.71. The predicted molar refractivity (Wildman–Crippen MR) is 130 cm³/mol. The van der Waals surface area contributed by atoms with Gasteiger partial charge in [-0.15, -0.1) is 0 Å². The molecule has 0 aliphatic carbocycles. The van der Waals surface area contributed by atoms with Crippen LogP contribution in [0.5, 0.6) is 11.5 Å². The quantitative estimate of drug-likeness (QED) is 0.479. The lowest BCUT2D eigenvalue weighted by Crippen LogP contribution is -2.25. The summed E-state index contributed by atoms with van der Waals surface area (Å²) < 4.78 is 11.4. The third kappa shape index (κ3) is 6.64. The standard InChI is InChI=1S/C24H22N2O6S2/c27-21-19(33-23(29)25-21)13-15-3-7-17(8-4-15)31-11-1-2-12-32-18-9-5-16(6-10-18)14-20-22(28)26-24(30)34-20/h1-10,19-20H,11-14H2,(H,25,27,29)(H,26,28,30)/b2-1+. The van der Waals surface area contributed by atoms with Gasteiger partial charge in [-0.1, -0.05) is 47.8 Å². The number of carbonyl (C=O) groups excluding carboxylic acids is 4. The highest BCUT2D eigenvalue weighted by Gasteiger charge is 2.32. The maximum absolute atomic E-state index is 11.7. The van der Waals surface area contributed by atoms with Gasteiger partial charge in [-0.25, -0.2) is 0 Å². The van der Waals surface area contributed by atoms with Gasteiger partial charge >= 0.3 is 0 Å². The summed E-state index contributed by atoms with van der Waals surface area (Å²) in [4.78, 5) is 45.8. The molecule has 2 N–H and O–H groups in total. The molecule has 34 heavy (non-hydrogen) atoms. The van der Waals surface area contributed by atoms with E-state index in [2.05, 4.69) is 10.6 Å². The first-order valence-electron chi connectivity index (χ1n) is 10.6. The van der Waals surface area contributed by atoms with Crippen molar-refractivity contribution in [3.05, 3.63) is 71.8 Å². The molecule has 2 aliphatic heterocycles. The first-order chi connectivity index (χ1) is 16.5. The van der Waals surface area contributed by atoms with Crippen LogP contribution in [0.4, 0.5) is 9.59 Å². The van der Waals surface area contributed by atoms with Gasteiger partial charge in [0.1, 0.15) is 24.7 Å². The lowest BCUT2D eigenvalue weighted by Gasteiger charge is -2.08. The van der Waals surface area contributed by atoms with Crippen LogP contribution in [-0.4, -0.2) is 46.0 Å². The van der Waals surface area contributed by atoms with E-state index in [4.69, 9.17) is 9.47 Å². The van der Waals surface area contributed by atoms with Crippen molar-refractivity contribution >= 4 is 45.8 Å². The smallest absolute Gasteiger partial charge is 0.286 e. The molecule has 0 aromatic heterocycles. The van der Waals surface area contributed by atoms with Gasteiger partial charge in [-0.3, -0.25) is 29.8 Å². The minimum atomic E-state index is -0.378. The Hall–Kier alpha value is -3.24. The predicted octanol–water partition coefficient (Wildman–Crippen LogP) is 3.49. The second kappa shape index (κ2) is 11.3. The lowest BCUT2D eigenvalue weighted by molar-refractivity contribution is -0.119. The van der Waals surface area contributed by atoms with Crippen LogP contribution in [-0.2, 0) is 22.4 Å². The summed E-state index contributed by atoms with van der Waals surface area (Å²) in [7, 11) is 0. The molecule has 4 rings (SSSR count). The van der Waals surface area contributed by atoms with Crippen molar-refractivity contribution in [2.24, 2.45) is 0 Å². The molecule has 4 amide bonds. The van der Waals surface area contributed by atoms with Crippen LogP contribution < -0.4 is 20.1 Å². The second-order valence-corrected chi connectivity index (χ2v) is 9.91. The Labute approximate surface area is 204 Å². The number of amides is 4. The Bertz CT molecular complexity index is 1010. The van der Waals surface area contributed by atoms with E-state index in [1.807, 2.05) is 60.7 Å². The number of imide groups is 2. The highest BCUT2D eigenvalue weighted by atomic mass is 32.2. The van der Waals surface area contributed by atoms with Crippen LogP contribution in [0, 0.1) is 0 Å². The zero-order valence-corrected chi connectivity index (χ0v) is 19.7. The van der Waals surface area contributed by atoms with E-state index in [0.29, 0.717) is 37.6 Å². The zero-order chi connectivity index (χ0) is 23.9. The Morgan fingerprint density at radius 3 is 1.35 bits per heavy atom. The molecule has 2 aromatic rings. The molecule has 176 valence electrons. The number of benzene rings is 2. The van der Waals surface area contributed by atoms with Crippen molar-refractivity contribution in [3.8, 4) is 11.5 Å². The fourth-order valence-corrected chi connectivity index (χ4v) is 5.07. The minimum Gasteiger partial charge on any atom is -0.490 e. The molecular weight excluding hydrogens is 476 g/mol. The summed E-state index contributed by atoms with van der Waals surface area (Å²) in [6, 6.07) is 14.9. The fourth-order valence-electron chi connectivity index (χ4n) is 3.35. The number of ether oxygens (including phenoxy) is 2. The SMILES string of the molecule is O=C1NC(=O)C(Cc2ccc(OC/C=C/COc3ccc(CC4SC(=O)NC4=O)cc3)cc2)S1. The summed E-state index contributed by atoms with van der Waals surface area (Å²) in [6.45, 7) is 0.772. The molecule has 10 heteroatoms. The van der Waals surface area contributed by atoms with Gasteiger partial charge in [0.25, 0.3) is 10.5 Å². The van der Waals surface area contributed by atoms with Gasteiger partial charge < -0.3 is 9.47 Å². The monoisotopic (exact) mass is 498 g/mol. The molecule has 0 saturated carbocycles. The lowest BCUT2D eigenvalue weighted by atomic mass is 10.1. The third-order valence-corrected chi connectivity index (χ3v) is 7.04. The maximum atomic E-state index is 11.7. The van der Waals surface area contributed by atoms with Crippen molar-refractivity contribution in [2.45, 2.75) is 23.3 Å². The minimum absolute atomic E-state index is 0.242. The molecule has 8 nitrogen and oxygen atoms in total. The molecule has 2 saturated heterocycles. The van der Waals surface area contributed by atoms with Gasteiger partial charge in [0, 0.05) is 0 Å². The molecule has 2 aliphatic rings. The van der Waals surface area contributed by atoms with E-state index in [-0.39, 0.29) is 32.8 Å². The van der Waals surface area contributed by atoms with Gasteiger partial charge in [-0.05, 0) is 60.4 Å². The Morgan fingerprint density at radius 2 is 1.03 bits per heavy atom. The third-order valence-electron chi connectivity index (χ3n) is 5.08. The van der Waals surface area contributed by atoms with E-state index >= 15 is 0 Å². The molecular formula is C24H22N2O6S2. The summed E-state index contributed by atoms with van der Waals surface area (Å²) in [5.41, 5.74) is 1.92. The Kier molecular flexibility index (Phi) is 7.91. The van der Waals surface area contributed by atoms with Crippen LogP contribution >= 0.6 is 23.5 Å². The summed E-state index contributed by atoms with van der Waals surface area (Å²) >= 11 is 2.04. The molecule has 2 unspecified atom stereocenters. The molecule has 2 fully saturated rings. The fraction of sp³-hybridized carbons (Fsp3) is 0.250. The number of nitrogens with one attached hydrogen (secondary N) is 2. The number of thioether (sulfide) groups is 2. The molecule has 0 radical (unpaired) electrons. The van der Waals surface area contributed by atoms with E-state index in [1.54, 1.807) is 0 Å². The highest BCUT2D eigenvalue weighted by molar-refractivity contribution is 8.15.